The van der Waals surface area contributed by atoms with Gasteiger partial charge in [0, 0.05) is 53.2 Å². The predicted octanol–water partition coefficient (Wildman–Crippen LogP) is 0.739. The van der Waals surface area contributed by atoms with E-state index in [2.05, 4.69) is 0 Å². The van der Waals surface area contributed by atoms with E-state index in [1.807, 2.05) is 0 Å². The molecule has 240 valence electrons. The molecule has 2 aromatic carbocycles. The number of Topliss-reactive ketones (excluding diaryl/α,β-unsaturated/α-hetero) is 1. The van der Waals surface area contributed by atoms with Crippen LogP contribution in [0.4, 0.5) is 5.69 Å². The van der Waals surface area contributed by atoms with Gasteiger partial charge in [-0.1, -0.05) is 26.0 Å². The summed E-state index contributed by atoms with van der Waals surface area (Å²) >= 11 is 0. The summed E-state index contributed by atoms with van der Waals surface area (Å²) in [6.45, 7) is 2.77. The highest BCUT2D eigenvalue weighted by atomic mass is 32.2. The largest absolute Gasteiger partial charge is 0.453 e. The summed E-state index contributed by atoms with van der Waals surface area (Å²) in [5.74, 6) is -3.19. The molecule has 0 aromatic heterocycles. The van der Waals surface area contributed by atoms with E-state index in [1.54, 1.807) is 13.8 Å². The maximum Gasteiger partial charge on any atom is 0.304 e. The molecule has 7 N–H and O–H groups in total. The van der Waals surface area contributed by atoms with Gasteiger partial charge in [-0.2, -0.15) is 25.3 Å². The number of nitrogens with zero attached hydrogens (tertiary/aromatic N) is 1. The average molecular weight is 683 g/mol. The van der Waals surface area contributed by atoms with Crippen LogP contribution in [0.2, 0.25) is 0 Å². The Morgan fingerprint density at radius 2 is 1.51 bits per heavy atom. The second-order valence-corrected chi connectivity index (χ2v) is 14.7. The van der Waals surface area contributed by atoms with E-state index in [0.29, 0.717) is 0 Å². The summed E-state index contributed by atoms with van der Waals surface area (Å²) in [5.41, 5.74) is 4.40. The van der Waals surface area contributed by atoms with Gasteiger partial charge in [0.2, 0.25) is 10.3 Å². The van der Waals surface area contributed by atoms with Crippen LogP contribution in [0, 0.1) is 5.92 Å². The highest BCUT2D eigenvalue weighted by Gasteiger charge is 2.33. The first kappa shape index (κ1) is 33.7. The molecule has 1 aliphatic heterocycles. The summed E-state index contributed by atoms with van der Waals surface area (Å²) in [6.07, 6.45) is 0. The summed E-state index contributed by atoms with van der Waals surface area (Å²) in [7, 11) is -13.5. The Balaban J connectivity index is 2.24. The molecule has 18 heteroatoms. The summed E-state index contributed by atoms with van der Waals surface area (Å²) in [4.78, 5) is 25.8. The van der Waals surface area contributed by atoms with Crippen LogP contribution in [0.5, 0.6) is 0 Å². The minimum atomic E-state index is -5.14. The Morgan fingerprint density at radius 1 is 0.911 bits per heavy atom. The molecule has 1 heterocycles. The van der Waals surface area contributed by atoms with E-state index >= 15 is 0 Å². The van der Waals surface area contributed by atoms with Crippen LogP contribution >= 0.6 is 0 Å². The number of benzene rings is 3. The van der Waals surface area contributed by atoms with Gasteiger partial charge in [-0.15, -0.1) is 0 Å². The molecule has 0 saturated carbocycles. The van der Waals surface area contributed by atoms with Gasteiger partial charge in [-0.25, -0.2) is 0 Å². The molecular weight excluding hydrogens is 655 g/mol. The minimum Gasteiger partial charge on any atom is -0.453 e. The molecule has 15 nitrogen and oxygen atoms in total. The summed E-state index contributed by atoms with van der Waals surface area (Å²) in [5, 5.41) is 5.27. The van der Waals surface area contributed by atoms with Gasteiger partial charge in [-0.3, -0.25) is 28.7 Å². The summed E-state index contributed by atoms with van der Waals surface area (Å²) < 4.78 is 108. The second kappa shape index (κ2) is 11.6. The van der Waals surface area contributed by atoms with Crippen molar-refractivity contribution in [3.05, 3.63) is 58.9 Å². The third kappa shape index (κ3) is 6.60. The van der Waals surface area contributed by atoms with Crippen LogP contribution < -0.4 is 16.5 Å². The Morgan fingerprint density at radius 3 is 2.07 bits per heavy atom. The maximum atomic E-state index is 13.8. The fourth-order valence-corrected chi connectivity index (χ4v) is 6.82. The number of fused-ring (bicyclic) bond motifs is 2. The molecule has 0 atom stereocenters. The minimum absolute atomic E-state index is 0.0260. The molecule has 1 amide bonds. The molecule has 0 spiro atoms. The lowest BCUT2D eigenvalue weighted by Crippen LogP contribution is -2.47. The van der Waals surface area contributed by atoms with Gasteiger partial charge in [0.1, 0.15) is 0 Å². The van der Waals surface area contributed by atoms with Gasteiger partial charge in [0.15, 0.2) is 22.0 Å². The van der Waals surface area contributed by atoms with E-state index < -0.39 is 86.7 Å². The van der Waals surface area contributed by atoms with Crippen molar-refractivity contribution in [3.8, 4) is 22.5 Å². The van der Waals surface area contributed by atoms with Crippen molar-refractivity contribution in [2.75, 3.05) is 25.1 Å². The third-order valence-electron chi connectivity index (χ3n) is 6.90. The standard InChI is InChI=1S/C27H27N3O12S3/c1-13(2)22(31)14-4-5-15(18(12-14)27(32)30(3)10-11-43(33,34)35)21-16-6-8-19(28)25(44(36,37)38)23(16)42-24-17(21)7-9-20(29)26(24)45(39,40)41/h4-9,12-13,28H,10-11,29H2,1-3H3,(H,33,34,35)(H,36,37,38)(H,39,40,41)/p+1. The number of hydrogen-bond acceptors (Lipinski definition) is 10. The van der Waals surface area contributed by atoms with Crippen molar-refractivity contribution in [2.24, 2.45) is 5.92 Å². The van der Waals surface area contributed by atoms with Crippen LogP contribution in [0.1, 0.15) is 34.6 Å². The smallest absolute Gasteiger partial charge is 0.304 e. The molecule has 0 radical (unpaired) electrons. The van der Waals surface area contributed by atoms with E-state index in [0.717, 1.165) is 17.0 Å². The summed E-state index contributed by atoms with van der Waals surface area (Å²) in [6, 6.07) is 8.74. The van der Waals surface area contributed by atoms with E-state index in [1.165, 1.54) is 37.4 Å². The number of amides is 1. The van der Waals surface area contributed by atoms with Crippen molar-refractivity contribution in [2.45, 2.75) is 23.6 Å². The highest BCUT2D eigenvalue weighted by molar-refractivity contribution is 7.86. The number of carbonyl (C=O) groups excluding carboxylic acids is 2. The van der Waals surface area contributed by atoms with Crippen LogP contribution in [-0.4, -0.2) is 74.8 Å². The predicted molar refractivity (Wildman–Crippen MR) is 160 cm³/mol. The third-order valence-corrected chi connectivity index (χ3v) is 9.48. The lowest BCUT2D eigenvalue weighted by molar-refractivity contribution is -0.176. The highest BCUT2D eigenvalue weighted by Crippen LogP contribution is 2.45. The first-order valence-corrected chi connectivity index (χ1v) is 17.4. The molecule has 0 fully saturated rings. The molecule has 4 rings (SSSR count). The number of hydrogen-bond donors (Lipinski definition) is 5. The van der Waals surface area contributed by atoms with Gasteiger partial charge in [0.25, 0.3) is 26.1 Å². The van der Waals surface area contributed by atoms with E-state index in [9.17, 15) is 48.5 Å². The lowest BCUT2D eigenvalue weighted by Gasteiger charge is -2.22. The van der Waals surface area contributed by atoms with E-state index in [-0.39, 0.29) is 39.0 Å². The fraction of sp³-hybridized carbons (Fsp3) is 0.222. The van der Waals surface area contributed by atoms with Gasteiger partial charge < -0.3 is 15.1 Å². The van der Waals surface area contributed by atoms with Gasteiger partial charge in [0.05, 0.1) is 11.4 Å². The van der Waals surface area contributed by atoms with Crippen LogP contribution in [0.15, 0.2) is 56.7 Å². The van der Waals surface area contributed by atoms with Gasteiger partial charge in [-0.05, 0) is 29.8 Å². The molecule has 45 heavy (non-hydrogen) atoms. The second-order valence-electron chi connectivity index (χ2n) is 10.4. The quantitative estimate of drug-likeness (QED) is 0.0706. The number of ketones is 1. The first-order valence-electron chi connectivity index (χ1n) is 12.9. The number of anilines is 1. The molecular formula is C27H28N3O12S3+. The topological polar surface area (TPSA) is 265 Å². The fourth-order valence-electron chi connectivity index (χ4n) is 4.81. The van der Waals surface area contributed by atoms with Crippen molar-refractivity contribution in [1.82, 2.24) is 4.90 Å². The zero-order chi connectivity index (χ0) is 33.8. The van der Waals surface area contributed by atoms with Crippen LogP contribution in [0.3, 0.4) is 0 Å². The van der Waals surface area contributed by atoms with Crippen molar-refractivity contribution >= 4 is 58.7 Å². The zero-order valence-corrected chi connectivity index (χ0v) is 26.3. The molecule has 1 aliphatic carbocycles. The Hall–Kier alpha value is -4.20. The lowest BCUT2D eigenvalue weighted by atomic mass is 9.88. The molecule has 0 bridgehead atoms. The average Bonchev–Trinajstić information content (AvgIpc) is 2.91. The van der Waals surface area contributed by atoms with Crippen molar-refractivity contribution in [1.29, 1.82) is 0 Å². The zero-order valence-electron chi connectivity index (χ0n) is 23.9. The monoisotopic (exact) mass is 682 g/mol. The number of carbonyl (C=O) groups is 2. The molecule has 0 unspecified atom stereocenters. The van der Waals surface area contributed by atoms with E-state index in [4.69, 9.17) is 15.6 Å². The molecule has 0 saturated heterocycles. The van der Waals surface area contributed by atoms with Crippen LogP contribution in [0.25, 0.3) is 33.4 Å². The Bertz CT molecular complexity index is 2260. The van der Waals surface area contributed by atoms with Crippen molar-refractivity contribution in [3.63, 3.8) is 0 Å². The normalized spacial score (nSPS) is 12.6. The molecule has 2 aliphatic rings. The van der Waals surface area contributed by atoms with Crippen molar-refractivity contribution < 1.29 is 58.3 Å². The number of nitrogen functional groups attached to an aromatic ring is 1. The Kier molecular flexibility index (Phi) is 8.70. The van der Waals surface area contributed by atoms with Gasteiger partial charge >= 0.3 is 10.1 Å². The van der Waals surface area contributed by atoms with Crippen LogP contribution in [-0.2, 0) is 30.4 Å². The Labute approximate surface area is 257 Å². The molecule has 2 aromatic rings. The SMILES string of the molecule is CC(C)C(=O)c1ccc(-c2c3ccc(=[NH2+])c(S(=O)(=O)O)c-3oc3c(S(=O)(=O)O)c(N)ccc23)c(C(=O)N(C)CCS(=O)(=O)O)c1. The number of nitrogens with two attached hydrogens (primary N) is 2. The maximum absolute atomic E-state index is 13.8. The first-order chi connectivity index (χ1) is 20.6. The number of rotatable bonds is 9.